The maximum atomic E-state index is 15.0. The molecular weight excluding hydrogens is 609 g/mol. The van der Waals surface area contributed by atoms with Crippen molar-refractivity contribution >= 4 is 5.97 Å². The van der Waals surface area contributed by atoms with E-state index in [0.717, 1.165) is 160 Å². The Labute approximate surface area is 296 Å². The lowest BCUT2D eigenvalue weighted by atomic mass is 9.42. The summed E-state index contributed by atoms with van der Waals surface area (Å²) in [6.45, 7) is 0. The SMILES string of the molecule is COC(=O)C1(c2ccccc2)C2C3CC4CC5CC6CC7CC8CC9CC%10=CC21C1C%10C2C9C9C8C7C7C6C6C5C4C4C3C1C1C2C9C7C6C41. The molecule has 0 aromatic heterocycles. The average Bonchev–Trinajstić information content (AvgIpc) is 3.79. The Morgan fingerprint density at radius 1 is 0.560 bits per heavy atom. The van der Waals surface area contributed by atoms with E-state index in [1.165, 1.54) is 24.3 Å². The Balaban J connectivity index is 0.987. The van der Waals surface area contributed by atoms with Crippen LogP contribution in [0.2, 0.25) is 0 Å². The molecule has 0 amide bonds. The van der Waals surface area contributed by atoms with E-state index >= 15 is 4.79 Å². The van der Waals surface area contributed by atoms with Gasteiger partial charge in [-0.3, -0.25) is 4.79 Å². The monoisotopic (exact) mass is 660 g/mol. The first-order valence-corrected chi connectivity index (χ1v) is 22.5. The second-order valence-electron chi connectivity index (χ2n) is 23.7. The molecular formula is C48H52O2. The highest BCUT2D eigenvalue weighted by Gasteiger charge is 2.96. The van der Waals surface area contributed by atoms with Gasteiger partial charge in [-0.15, -0.1) is 0 Å². The minimum absolute atomic E-state index is 0.0331. The fourth-order valence-corrected chi connectivity index (χ4v) is 26.7. The van der Waals surface area contributed by atoms with Crippen LogP contribution in [0.15, 0.2) is 42.0 Å². The lowest BCUT2D eigenvalue weighted by molar-refractivity contribution is -0.154. The molecule has 0 N–H and O–H groups in total. The molecule has 17 aliphatic rings. The molecule has 0 bridgehead atoms. The Bertz CT molecular complexity index is 1970. The molecule has 16 fully saturated rings. The first-order valence-electron chi connectivity index (χ1n) is 22.5. The van der Waals surface area contributed by atoms with Crippen LogP contribution in [0, 0.1) is 177 Å². The molecule has 50 heavy (non-hydrogen) atoms. The normalized spacial score (nSPS) is 76.5. The first kappa shape index (κ1) is 25.4. The standard InChI is InChI=1S/C48H52O2/c1-50-46(49)48(22-5-3-2-4-6-22)45-23-13-20-11-17-9-18-8-15-7-16-10-19-12-21-14-47(45,48)44-30(21)35-29(19)34-25(16)24(15)32-28(18)33-26(17)27(20)36-31(23)43(44)42-40(35)38(34)37(32)39(33)41(36)42/h2-6,14-20,23-45H,7-13H2,1H3. The summed E-state index contributed by atoms with van der Waals surface area (Å²) in [7, 11) is 1.75. The second-order valence-corrected chi connectivity index (χ2v) is 23.7. The number of carbonyl (C=O) groups excluding carboxylic acids is 1. The maximum Gasteiger partial charge on any atom is 0.317 e. The van der Waals surface area contributed by atoms with Crippen LogP contribution in [0.3, 0.4) is 0 Å². The van der Waals surface area contributed by atoms with Gasteiger partial charge in [-0.05, 0) is 222 Å². The zero-order valence-corrected chi connectivity index (χ0v) is 29.5. The lowest BCUT2D eigenvalue weighted by Crippen LogP contribution is -2.59. The summed E-state index contributed by atoms with van der Waals surface area (Å²) in [5.41, 5.74) is 2.88. The van der Waals surface area contributed by atoms with Crippen molar-refractivity contribution in [2.45, 2.75) is 50.4 Å². The third kappa shape index (κ3) is 1.94. The van der Waals surface area contributed by atoms with E-state index in [9.17, 15) is 0 Å². The van der Waals surface area contributed by atoms with Gasteiger partial charge >= 0.3 is 5.97 Å². The molecule has 31 atom stereocenters. The number of benzene rings is 1. The van der Waals surface area contributed by atoms with Gasteiger partial charge in [-0.25, -0.2) is 0 Å². The Kier molecular flexibility index (Phi) is 3.59. The molecule has 18 rings (SSSR count). The van der Waals surface area contributed by atoms with Crippen LogP contribution in [0.25, 0.3) is 0 Å². The molecule has 1 aromatic carbocycles. The van der Waals surface area contributed by atoms with Gasteiger partial charge in [-0.2, -0.15) is 0 Å². The number of esters is 1. The van der Waals surface area contributed by atoms with E-state index in [1.54, 1.807) is 39.2 Å². The van der Waals surface area contributed by atoms with Crippen molar-refractivity contribution in [1.29, 1.82) is 0 Å². The van der Waals surface area contributed by atoms with Crippen molar-refractivity contribution in [3.05, 3.63) is 47.5 Å². The maximum absolute atomic E-state index is 15.0. The lowest BCUT2D eigenvalue weighted by Gasteiger charge is -2.62. The van der Waals surface area contributed by atoms with Crippen molar-refractivity contribution in [2.75, 3.05) is 7.11 Å². The third-order valence-electron chi connectivity index (χ3n) is 24.9. The van der Waals surface area contributed by atoms with E-state index < -0.39 is 5.41 Å². The number of allylic oxidation sites excluding steroid dienone is 2. The number of ether oxygens (including phenoxy) is 1. The van der Waals surface area contributed by atoms with Gasteiger partial charge in [0.1, 0.15) is 5.41 Å². The van der Waals surface area contributed by atoms with Crippen LogP contribution in [0.5, 0.6) is 0 Å². The number of hydrogen-bond acceptors (Lipinski definition) is 2. The van der Waals surface area contributed by atoms with Gasteiger partial charge in [0, 0.05) is 5.41 Å². The molecule has 0 radical (unpaired) electrons. The summed E-state index contributed by atoms with van der Waals surface area (Å²) < 4.78 is 6.14. The van der Waals surface area contributed by atoms with Crippen molar-refractivity contribution in [2.24, 2.45) is 177 Å². The van der Waals surface area contributed by atoms with E-state index in [4.69, 9.17) is 4.74 Å². The first-order chi connectivity index (χ1) is 24.7. The quantitative estimate of drug-likeness (QED) is 0.239. The molecule has 0 saturated heterocycles. The van der Waals surface area contributed by atoms with Gasteiger partial charge in [0.15, 0.2) is 0 Å². The van der Waals surface area contributed by atoms with E-state index in [2.05, 4.69) is 36.4 Å². The summed E-state index contributed by atoms with van der Waals surface area (Å²) in [6.07, 6.45) is 14.1. The van der Waals surface area contributed by atoms with Crippen LogP contribution >= 0.6 is 0 Å². The zero-order chi connectivity index (χ0) is 31.4. The number of methoxy groups -OCH3 is 1. The van der Waals surface area contributed by atoms with Gasteiger partial charge in [0.2, 0.25) is 0 Å². The summed E-state index contributed by atoms with van der Waals surface area (Å²) in [4.78, 5) is 15.0. The summed E-state index contributed by atoms with van der Waals surface area (Å²) in [6, 6.07) is 11.5. The van der Waals surface area contributed by atoms with Crippen molar-refractivity contribution in [3.63, 3.8) is 0 Å². The van der Waals surface area contributed by atoms with Crippen LogP contribution in [0.1, 0.15) is 50.5 Å². The molecule has 2 heteroatoms. The molecule has 256 valence electrons. The van der Waals surface area contributed by atoms with E-state index in [0.29, 0.717) is 5.92 Å². The van der Waals surface area contributed by atoms with E-state index in [-0.39, 0.29) is 11.4 Å². The average molecular weight is 661 g/mol. The molecule has 16 saturated carbocycles. The van der Waals surface area contributed by atoms with Crippen LogP contribution in [-0.2, 0) is 14.9 Å². The van der Waals surface area contributed by atoms with E-state index in [1.807, 2.05) is 5.57 Å². The van der Waals surface area contributed by atoms with Crippen molar-refractivity contribution in [3.8, 4) is 0 Å². The van der Waals surface area contributed by atoms with Crippen molar-refractivity contribution in [1.82, 2.24) is 0 Å². The zero-order valence-electron chi connectivity index (χ0n) is 29.5. The Hall–Kier alpha value is -1.57. The van der Waals surface area contributed by atoms with Crippen LogP contribution in [-0.4, -0.2) is 13.1 Å². The summed E-state index contributed by atoms with van der Waals surface area (Å²) in [5.74, 6) is 29.8. The van der Waals surface area contributed by atoms with Crippen LogP contribution in [0.4, 0.5) is 0 Å². The summed E-state index contributed by atoms with van der Waals surface area (Å²) in [5, 5.41) is 0. The minimum atomic E-state index is -0.440. The fourth-order valence-electron chi connectivity index (χ4n) is 26.7. The molecule has 17 aliphatic carbocycles. The minimum Gasteiger partial charge on any atom is -0.468 e. The second kappa shape index (κ2) is 7.05. The number of rotatable bonds is 2. The predicted octanol–water partition coefficient (Wildman–Crippen LogP) is 7.84. The van der Waals surface area contributed by atoms with Gasteiger partial charge < -0.3 is 4.74 Å². The van der Waals surface area contributed by atoms with Gasteiger partial charge in [0.05, 0.1) is 7.11 Å². The highest BCUT2D eigenvalue weighted by Crippen LogP contribution is 2.97. The van der Waals surface area contributed by atoms with Gasteiger partial charge in [0.25, 0.3) is 0 Å². The molecule has 2 nitrogen and oxygen atoms in total. The van der Waals surface area contributed by atoms with Crippen molar-refractivity contribution < 1.29 is 9.53 Å². The van der Waals surface area contributed by atoms with Crippen LogP contribution < -0.4 is 0 Å². The topological polar surface area (TPSA) is 26.3 Å². The third-order valence-corrected chi connectivity index (χ3v) is 24.9. The number of carbonyl (C=O) groups is 1. The highest BCUT2D eigenvalue weighted by molar-refractivity contribution is 5.92. The fraction of sp³-hybridized carbons (Fsp3) is 0.812. The van der Waals surface area contributed by atoms with Gasteiger partial charge in [-0.1, -0.05) is 42.0 Å². The highest BCUT2D eigenvalue weighted by atomic mass is 16.5. The molecule has 1 spiro atoms. The smallest absolute Gasteiger partial charge is 0.317 e. The molecule has 0 aliphatic heterocycles. The Morgan fingerprint density at radius 2 is 1.04 bits per heavy atom. The largest absolute Gasteiger partial charge is 0.468 e. The Morgan fingerprint density at radius 3 is 1.66 bits per heavy atom. The number of fused-ring (bicyclic) bond motifs is 1. The summed E-state index contributed by atoms with van der Waals surface area (Å²) >= 11 is 0. The molecule has 0 heterocycles. The predicted molar refractivity (Wildman–Crippen MR) is 184 cm³/mol. The number of hydrogen-bond donors (Lipinski definition) is 0. The molecule has 31 unspecified atom stereocenters. The molecule has 1 aromatic rings.